The molecule has 1 heterocycles. The van der Waals surface area contributed by atoms with Crippen LogP contribution in [0.5, 0.6) is 0 Å². The summed E-state index contributed by atoms with van der Waals surface area (Å²) in [6.45, 7) is 2.28. The summed E-state index contributed by atoms with van der Waals surface area (Å²) in [4.78, 5) is 11.3. The highest BCUT2D eigenvalue weighted by Crippen LogP contribution is 2.03. The highest BCUT2D eigenvalue weighted by molar-refractivity contribution is 5.74. The maximum atomic E-state index is 11.3. The summed E-state index contributed by atoms with van der Waals surface area (Å²) in [6, 6.07) is -0.302. The minimum Gasteiger partial charge on any atom is -0.393 e. The van der Waals surface area contributed by atoms with Gasteiger partial charge in [-0.15, -0.1) is 0 Å². The number of nitrogens with one attached hydrogen (secondary N) is 2. The molecule has 6 heteroatoms. The molecule has 0 aromatic carbocycles. The molecule has 2 amide bonds. The van der Waals surface area contributed by atoms with Gasteiger partial charge in [-0.3, -0.25) is 0 Å². The van der Waals surface area contributed by atoms with Crippen LogP contribution in [0.2, 0.25) is 0 Å². The van der Waals surface area contributed by atoms with E-state index in [1.807, 2.05) is 0 Å². The normalized spacial score (nSPS) is 24.6. The molecule has 0 aromatic heterocycles. The van der Waals surface area contributed by atoms with Crippen molar-refractivity contribution in [2.24, 2.45) is 0 Å². The van der Waals surface area contributed by atoms with E-state index in [9.17, 15) is 9.90 Å². The molecule has 4 N–H and O–H groups in total. The minimum absolute atomic E-state index is 0.0168. The topological polar surface area (TPSA) is 90.8 Å². The summed E-state index contributed by atoms with van der Waals surface area (Å²) < 4.78 is 5.09. The number of aliphatic hydroxyl groups excluding tert-OH is 1. The zero-order chi connectivity index (χ0) is 11.3. The number of hydrogen-bond acceptors (Lipinski definition) is 4. The predicted molar refractivity (Wildman–Crippen MR) is 53.5 cm³/mol. The average molecular weight is 218 g/mol. The zero-order valence-electron chi connectivity index (χ0n) is 8.82. The van der Waals surface area contributed by atoms with Gasteiger partial charge in [0, 0.05) is 6.61 Å². The number of aliphatic hydroxyl groups is 2. The standard InChI is InChI=1S/C9H18N2O4/c1-9(14,6-12)5-10-8(13)11-7-2-3-15-4-7/h7,12,14H,2-6H2,1H3,(H2,10,11,13). The molecular weight excluding hydrogens is 200 g/mol. The third kappa shape index (κ3) is 4.46. The van der Waals surface area contributed by atoms with Crippen molar-refractivity contribution in [3.05, 3.63) is 0 Å². The lowest BCUT2D eigenvalue weighted by atomic mass is 10.1. The zero-order valence-corrected chi connectivity index (χ0v) is 8.82. The number of rotatable bonds is 4. The molecule has 15 heavy (non-hydrogen) atoms. The first-order chi connectivity index (χ1) is 7.03. The van der Waals surface area contributed by atoms with Crippen LogP contribution in [0.3, 0.4) is 0 Å². The molecule has 2 unspecified atom stereocenters. The number of carbonyl (C=O) groups is 1. The second-order valence-corrected chi connectivity index (χ2v) is 4.04. The summed E-state index contributed by atoms with van der Waals surface area (Å²) in [5, 5.41) is 23.4. The monoisotopic (exact) mass is 218 g/mol. The second kappa shape index (κ2) is 5.29. The SMILES string of the molecule is CC(O)(CO)CNC(=O)NC1CCOC1. The molecule has 0 spiro atoms. The molecule has 2 atom stereocenters. The molecule has 0 saturated carbocycles. The maximum absolute atomic E-state index is 11.3. The minimum atomic E-state index is -1.27. The van der Waals surface area contributed by atoms with Crippen molar-refractivity contribution in [3.63, 3.8) is 0 Å². The van der Waals surface area contributed by atoms with Crippen LogP contribution >= 0.6 is 0 Å². The Kier molecular flexibility index (Phi) is 4.31. The molecule has 1 rings (SSSR count). The number of hydrogen-bond donors (Lipinski definition) is 4. The van der Waals surface area contributed by atoms with E-state index >= 15 is 0 Å². The van der Waals surface area contributed by atoms with Gasteiger partial charge >= 0.3 is 6.03 Å². The van der Waals surface area contributed by atoms with Crippen LogP contribution in [0.25, 0.3) is 0 Å². The first kappa shape index (κ1) is 12.2. The van der Waals surface area contributed by atoms with Crippen LogP contribution < -0.4 is 10.6 Å². The largest absolute Gasteiger partial charge is 0.393 e. The predicted octanol–water partition coefficient (Wildman–Crippen LogP) is -1.18. The van der Waals surface area contributed by atoms with Gasteiger partial charge in [0.15, 0.2) is 0 Å². The lowest BCUT2D eigenvalue weighted by Gasteiger charge is -2.21. The van der Waals surface area contributed by atoms with E-state index in [2.05, 4.69) is 10.6 Å². The van der Waals surface area contributed by atoms with Gasteiger partial charge < -0.3 is 25.6 Å². The van der Waals surface area contributed by atoms with E-state index in [-0.39, 0.29) is 25.2 Å². The van der Waals surface area contributed by atoms with Gasteiger partial charge in [0.1, 0.15) is 5.60 Å². The average Bonchev–Trinajstić information content (AvgIpc) is 2.68. The first-order valence-corrected chi connectivity index (χ1v) is 4.99. The van der Waals surface area contributed by atoms with Crippen molar-refractivity contribution in [3.8, 4) is 0 Å². The molecule has 6 nitrogen and oxygen atoms in total. The molecule has 0 bridgehead atoms. The highest BCUT2D eigenvalue weighted by Gasteiger charge is 2.21. The van der Waals surface area contributed by atoms with Gasteiger partial charge in [-0.05, 0) is 13.3 Å². The van der Waals surface area contributed by atoms with E-state index in [1.165, 1.54) is 6.92 Å². The van der Waals surface area contributed by atoms with Crippen LogP contribution in [0.15, 0.2) is 0 Å². The molecule has 1 fully saturated rings. The Morgan fingerprint density at radius 1 is 1.67 bits per heavy atom. The first-order valence-electron chi connectivity index (χ1n) is 4.99. The van der Waals surface area contributed by atoms with E-state index in [1.54, 1.807) is 0 Å². The van der Waals surface area contributed by atoms with Crippen LogP contribution in [0, 0.1) is 0 Å². The van der Waals surface area contributed by atoms with Crippen LogP contribution in [0.1, 0.15) is 13.3 Å². The van der Waals surface area contributed by atoms with E-state index in [0.29, 0.717) is 13.2 Å². The Bertz CT molecular complexity index is 214. The van der Waals surface area contributed by atoms with Gasteiger partial charge in [0.05, 0.1) is 25.8 Å². The van der Waals surface area contributed by atoms with Crippen molar-refractivity contribution >= 4 is 6.03 Å². The van der Waals surface area contributed by atoms with Gasteiger partial charge in [-0.2, -0.15) is 0 Å². The summed E-state index contributed by atoms with van der Waals surface area (Å²) in [6.07, 6.45) is 0.809. The van der Waals surface area contributed by atoms with E-state index < -0.39 is 5.60 Å². The summed E-state index contributed by atoms with van der Waals surface area (Å²) in [5.41, 5.74) is -1.27. The van der Waals surface area contributed by atoms with Gasteiger partial charge in [-0.1, -0.05) is 0 Å². The number of carbonyl (C=O) groups excluding carboxylic acids is 1. The fraction of sp³-hybridized carbons (Fsp3) is 0.889. The molecule has 88 valence electrons. The number of amides is 2. The van der Waals surface area contributed by atoms with Crippen molar-refractivity contribution in [2.45, 2.75) is 25.0 Å². The number of urea groups is 1. The molecular formula is C9H18N2O4. The maximum Gasteiger partial charge on any atom is 0.315 e. The van der Waals surface area contributed by atoms with Crippen LogP contribution in [-0.2, 0) is 4.74 Å². The van der Waals surface area contributed by atoms with E-state index in [0.717, 1.165) is 6.42 Å². The van der Waals surface area contributed by atoms with Crippen LogP contribution in [-0.4, -0.2) is 54.3 Å². The molecule has 1 saturated heterocycles. The van der Waals surface area contributed by atoms with Gasteiger partial charge in [-0.25, -0.2) is 4.79 Å². The summed E-state index contributed by atoms with van der Waals surface area (Å²) in [7, 11) is 0. The molecule has 0 aliphatic carbocycles. The third-order valence-electron chi connectivity index (χ3n) is 2.24. The fourth-order valence-electron chi connectivity index (χ4n) is 1.21. The van der Waals surface area contributed by atoms with Crippen molar-refractivity contribution in [1.82, 2.24) is 10.6 Å². The lowest BCUT2D eigenvalue weighted by molar-refractivity contribution is 0.00477. The molecule has 1 aliphatic heterocycles. The van der Waals surface area contributed by atoms with Gasteiger partial charge in [0.2, 0.25) is 0 Å². The fourth-order valence-corrected chi connectivity index (χ4v) is 1.21. The smallest absolute Gasteiger partial charge is 0.315 e. The quantitative estimate of drug-likeness (QED) is 0.478. The Morgan fingerprint density at radius 3 is 2.93 bits per heavy atom. The lowest BCUT2D eigenvalue weighted by Crippen LogP contribution is -2.49. The number of ether oxygens (including phenoxy) is 1. The summed E-state index contributed by atoms with van der Waals surface area (Å²) >= 11 is 0. The van der Waals surface area contributed by atoms with Crippen molar-refractivity contribution < 1.29 is 19.7 Å². The van der Waals surface area contributed by atoms with Crippen molar-refractivity contribution in [2.75, 3.05) is 26.4 Å². The molecule has 0 radical (unpaired) electrons. The Balaban J connectivity index is 2.18. The third-order valence-corrected chi connectivity index (χ3v) is 2.24. The van der Waals surface area contributed by atoms with Crippen LogP contribution in [0.4, 0.5) is 4.79 Å². The Hall–Kier alpha value is -0.850. The van der Waals surface area contributed by atoms with Crippen molar-refractivity contribution in [1.29, 1.82) is 0 Å². The second-order valence-electron chi connectivity index (χ2n) is 4.04. The molecule has 1 aliphatic rings. The van der Waals surface area contributed by atoms with E-state index in [4.69, 9.17) is 9.84 Å². The highest BCUT2D eigenvalue weighted by atomic mass is 16.5. The Labute approximate surface area is 88.6 Å². The van der Waals surface area contributed by atoms with Gasteiger partial charge in [0.25, 0.3) is 0 Å². The molecule has 0 aromatic rings. The Morgan fingerprint density at radius 2 is 2.40 bits per heavy atom. The summed E-state index contributed by atoms with van der Waals surface area (Å²) in [5.74, 6) is 0.